The average Bonchev–Trinajstić information content (AvgIpc) is 3.47. The number of hydrogen-bond donors (Lipinski definition) is 9. The topological polar surface area (TPSA) is 228 Å². The molecular formula is C67H117NO13. The highest BCUT2D eigenvalue weighted by molar-refractivity contribution is 5.76. The van der Waals surface area contributed by atoms with Gasteiger partial charge in [-0.15, -0.1) is 0 Å². The van der Waals surface area contributed by atoms with Crippen LogP contribution in [-0.4, -0.2) is 140 Å². The zero-order valence-electron chi connectivity index (χ0n) is 50.5. The molecule has 0 radical (unpaired) electrons. The number of unbranched alkanes of at least 4 members (excludes halogenated alkanes) is 26. The second kappa shape index (κ2) is 51.6. The maximum absolute atomic E-state index is 13.3. The predicted octanol–water partition coefficient (Wildman–Crippen LogP) is 12.1. The summed E-state index contributed by atoms with van der Waals surface area (Å²) in [5.41, 5.74) is 0. The molecule has 9 N–H and O–H groups in total. The van der Waals surface area contributed by atoms with Crippen molar-refractivity contribution in [2.75, 3.05) is 19.8 Å². The summed E-state index contributed by atoms with van der Waals surface area (Å²) in [4.78, 5) is 13.3. The molecule has 14 heteroatoms. The van der Waals surface area contributed by atoms with Crippen molar-refractivity contribution in [2.45, 2.75) is 312 Å². The second-order valence-electron chi connectivity index (χ2n) is 22.5. The number of nitrogens with one attached hydrogen (secondary N) is 1. The maximum atomic E-state index is 13.3. The fraction of sp³-hybridized carbons (Fsp3) is 0.776. The van der Waals surface area contributed by atoms with E-state index < -0.39 is 86.8 Å². The fourth-order valence-corrected chi connectivity index (χ4v) is 10.2. The van der Waals surface area contributed by atoms with Crippen molar-refractivity contribution in [2.24, 2.45) is 0 Å². The first kappa shape index (κ1) is 74.3. The molecule has 468 valence electrons. The summed E-state index contributed by atoms with van der Waals surface area (Å²) < 4.78 is 22.8. The Labute approximate surface area is 491 Å². The molecular weight excluding hydrogens is 1030 g/mol. The highest BCUT2D eigenvalue weighted by Crippen LogP contribution is 2.30. The van der Waals surface area contributed by atoms with Crippen LogP contribution in [0.15, 0.2) is 85.1 Å². The first-order chi connectivity index (χ1) is 39.6. The molecule has 0 bridgehead atoms. The van der Waals surface area contributed by atoms with E-state index in [-0.39, 0.29) is 18.9 Å². The van der Waals surface area contributed by atoms with E-state index in [0.717, 1.165) is 83.5 Å². The minimum Gasteiger partial charge on any atom is -0.394 e. The van der Waals surface area contributed by atoms with Gasteiger partial charge in [0.05, 0.1) is 32.0 Å². The van der Waals surface area contributed by atoms with Crippen molar-refractivity contribution in [1.82, 2.24) is 5.32 Å². The molecule has 81 heavy (non-hydrogen) atoms. The molecule has 1 amide bonds. The number of allylic oxidation sites excluding steroid dienone is 13. The molecule has 0 aromatic carbocycles. The van der Waals surface area contributed by atoms with Crippen LogP contribution >= 0.6 is 0 Å². The van der Waals surface area contributed by atoms with Gasteiger partial charge in [0.2, 0.25) is 5.91 Å². The summed E-state index contributed by atoms with van der Waals surface area (Å²) >= 11 is 0. The average molecular weight is 1140 g/mol. The van der Waals surface area contributed by atoms with Gasteiger partial charge in [-0.3, -0.25) is 4.79 Å². The summed E-state index contributed by atoms with van der Waals surface area (Å²) in [6.45, 7) is 2.68. The molecule has 12 unspecified atom stereocenters. The van der Waals surface area contributed by atoms with Gasteiger partial charge in [0.25, 0.3) is 0 Å². The summed E-state index contributed by atoms with van der Waals surface area (Å²) in [6.07, 6.45) is 53.3. The first-order valence-corrected chi connectivity index (χ1v) is 32.3. The van der Waals surface area contributed by atoms with Crippen LogP contribution in [0.2, 0.25) is 0 Å². The molecule has 14 nitrogen and oxygen atoms in total. The third-order valence-corrected chi connectivity index (χ3v) is 15.3. The van der Waals surface area contributed by atoms with Gasteiger partial charge in [0.15, 0.2) is 12.6 Å². The van der Waals surface area contributed by atoms with Crippen LogP contribution in [0.25, 0.3) is 0 Å². The van der Waals surface area contributed by atoms with E-state index in [4.69, 9.17) is 18.9 Å². The number of amides is 1. The number of hydrogen-bond acceptors (Lipinski definition) is 13. The van der Waals surface area contributed by atoms with E-state index in [1.807, 2.05) is 6.08 Å². The van der Waals surface area contributed by atoms with Gasteiger partial charge in [-0.25, -0.2) is 0 Å². The molecule has 0 spiro atoms. The standard InChI is InChI=1S/C67H117NO13/c1-3-5-7-9-11-13-15-17-19-21-23-25-27-29-30-32-34-36-38-40-42-44-46-48-50-56(71)55(54-78-66-64(77)62(75)65(58(53-70)80-66)81-67-63(76)61(74)60(73)57(52-69)79-67)68-59(72)51-49-47-45-43-41-39-37-35-33-31-28-26-24-22-20-18-16-14-12-10-8-6-4-2/h6,8,12,14,18,20,24,26,31,33,37,39,48,50,55-58,60-67,69-71,73-77H,3-5,7,9-11,13,15-17,19,21-23,25,27-30,32,34-36,38,40-47,49,51-54H2,1-2H3,(H,68,72)/b8-6-,14-12-,20-18-,26-24-,33-31-,39-37-,50-48+. The molecule has 2 heterocycles. The quantitative estimate of drug-likeness (QED) is 0.0204. The summed E-state index contributed by atoms with van der Waals surface area (Å²) in [7, 11) is 0. The van der Waals surface area contributed by atoms with Gasteiger partial charge in [0.1, 0.15) is 48.8 Å². The van der Waals surface area contributed by atoms with E-state index in [0.29, 0.717) is 6.42 Å². The minimum absolute atomic E-state index is 0.247. The number of rotatable bonds is 51. The Morgan fingerprint density at radius 2 is 0.852 bits per heavy atom. The van der Waals surface area contributed by atoms with Crippen LogP contribution in [0, 0.1) is 0 Å². The van der Waals surface area contributed by atoms with E-state index >= 15 is 0 Å². The monoisotopic (exact) mass is 1140 g/mol. The lowest BCUT2D eigenvalue weighted by Crippen LogP contribution is -2.65. The SMILES string of the molecule is CC/C=C\C/C=C\C/C=C\C/C=C\C/C=C\C/C=C\CCCCCCC(=O)NC(COC1OC(CO)C(OC2OC(CO)C(O)C(O)C2O)C(O)C1O)C(O)/C=C/CCCCCCCCCCCCCCCCCCCCCCCC. The Hall–Kier alpha value is -2.83. The number of aliphatic hydroxyl groups is 8. The van der Waals surface area contributed by atoms with E-state index in [9.17, 15) is 45.6 Å². The maximum Gasteiger partial charge on any atom is 0.220 e. The van der Waals surface area contributed by atoms with Crippen LogP contribution in [0.5, 0.6) is 0 Å². The Kier molecular flexibility index (Phi) is 47.3. The summed E-state index contributed by atoms with van der Waals surface area (Å²) in [5, 5.41) is 87.3. The van der Waals surface area contributed by atoms with Crippen molar-refractivity contribution in [3.8, 4) is 0 Å². The van der Waals surface area contributed by atoms with Crippen molar-refractivity contribution < 1.29 is 64.6 Å². The minimum atomic E-state index is -1.80. The first-order valence-electron chi connectivity index (χ1n) is 32.3. The lowest BCUT2D eigenvalue weighted by Gasteiger charge is -2.46. The molecule has 0 aromatic rings. The molecule has 12 atom stereocenters. The molecule has 0 aliphatic carbocycles. The number of carbonyl (C=O) groups excluding carboxylic acids is 1. The zero-order valence-corrected chi connectivity index (χ0v) is 50.5. The summed E-state index contributed by atoms with van der Waals surface area (Å²) in [6, 6.07) is -0.935. The smallest absolute Gasteiger partial charge is 0.220 e. The lowest BCUT2D eigenvalue weighted by atomic mass is 9.97. The van der Waals surface area contributed by atoms with Crippen molar-refractivity contribution >= 4 is 5.91 Å². The van der Waals surface area contributed by atoms with Crippen LogP contribution in [-0.2, 0) is 23.7 Å². The van der Waals surface area contributed by atoms with E-state index in [1.165, 1.54) is 128 Å². The van der Waals surface area contributed by atoms with Gasteiger partial charge in [0, 0.05) is 6.42 Å². The molecule has 0 saturated carbocycles. The van der Waals surface area contributed by atoms with Gasteiger partial charge >= 0.3 is 0 Å². The van der Waals surface area contributed by atoms with Crippen molar-refractivity contribution in [3.05, 3.63) is 85.1 Å². The van der Waals surface area contributed by atoms with Crippen LogP contribution in [0.1, 0.15) is 239 Å². The van der Waals surface area contributed by atoms with Gasteiger partial charge in [-0.2, -0.15) is 0 Å². The van der Waals surface area contributed by atoms with Crippen molar-refractivity contribution in [3.63, 3.8) is 0 Å². The predicted molar refractivity (Wildman–Crippen MR) is 327 cm³/mol. The summed E-state index contributed by atoms with van der Waals surface area (Å²) in [5.74, 6) is -0.265. The molecule has 2 saturated heterocycles. The third kappa shape index (κ3) is 36.6. The largest absolute Gasteiger partial charge is 0.394 e. The molecule has 2 fully saturated rings. The fourth-order valence-electron chi connectivity index (χ4n) is 10.2. The second-order valence-corrected chi connectivity index (χ2v) is 22.5. The Morgan fingerprint density at radius 3 is 1.31 bits per heavy atom. The number of aliphatic hydroxyl groups excluding tert-OH is 8. The highest BCUT2D eigenvalue weighted by Gasteiger charge is 2.51. The van der Waals surface area contributed by atoms with Gasteiger partial charge in [-0.05, 0) is 70.6 Å². The highest BCUT2D eigenvalue weighted by atomic mass is 16.7. The van der Waals surface area contributed by atoms with Crippen LogP contribution in [0.4, 0.5) is 0 Å². The number of ether oxygens (including phenoxy) is 4. The molecule has 2 rings (SSSR count). The van der Waals surface area contributed by atoms with Crippen LogP contribution in [0.3, 0.4) is 0 Å². The molecule has 2 aliphatic heterocycles. The molecule has 2 aliphatic rings. The Morgan fingerprint density at radius 1 is 0.457 bits per heavy atom. The molecule has 0 aromatic heterocycles. The number of carbonyl (C=O) groups is 1. The lowest BCUT2D eigenvalue weighted by molar-refractivity contribution is -0.359. The third-order valence-electron chi connectivity index (χ3n) is 15.3. The Balaban J connectivity index is 1.76. The van der Waals surface area contributed by atoms with E-state index in [2.05, 4.69) is 92.1 Å². The normalized spacial score (nSPS) is 24.7. The van der Waals surface area contributed by atoms with Crippen molar-refractivity contribution in [1.29, 1.82) is 0 Å². The van der Waals surface area contributed by atoms with Crippen LogP contribution < -0.4 is 5.32 Å². The van der Waals surface area contributed by atoms with Gasteiger partial charge in [-0.1, -0.05) is 247 Å². The van der Waals surface area contributed by atoms with Gasteiger partial charge < -0.3 is 65.1 Å². The van der Waals surface area contributed by atoms with E-state index in [1.54, 1.807) is 6.08 Å². The Bertz CT molecular complexity index is 1680. The zero-order chi connectivity index (χ0) is 58.8.